The van der Waals surface area contributed by atoms with Crippen molar-refractivity contribution in [2.45, 2.75) is 25.5 Å². The molecule has 0 spiro atoms. The van der Waals surface area contributed by atoms with E-state index in [1.807, 2.05) is 30.3 Å². The van der Waals surface area contributed by atoms with Crippen LogP contribution in [0.3, 0.4) is 0 Å². The number of hydrogen-bond donors (Lipinski definition) is 3. The highest BCUT2D eigenvalue weighted by molar-refractivity contribution is 5.91. The molecule has 1 aromatic rings. The molecule has 1 atom stereocenters. The first kappa shape index (κ1) is 19.2. The molecule has 0 bridgehead atoms. The Bertz CT molecular complexity index is 664. The van der Waals surface area contributed by atoms with Gasteiger partial charge >= 0.3 is 12.1 Å². The minimum atomic E-state index is -1.16. The highest BCUT2D eigenvalue weighted by Gasteiger charge is 2.34. The number of carbonyl (C=O) groups is 4. The van der Waals surface area contributed by atoms with Gasteiger partial charge in [0, 0.05) is 6.54 Å². The van der Waals surface area contributed by atoms with Gasteiger partial charge in [-0.15, -0.1) is 0 Å². The van der Waals surface area contributed by atoms with Crippen LogP contribution in [-0.2, 0) is 25.7 Å². The van der Waals surface area contributed by atoms with Gasteiger partial charge in [-0.1, -0.05) is 30.3 Å². The van der Waals surface area contributed by atoms with Crippen LogP contribution in [0.15, 0.2) is 30.3 Å². The number of nitrogens with one attached hydrogen (secondary N) is 2. The molecule has 26 heavy (non-hydrogen) atoms. The molecule has 2 rings (SSSR count). The number of benzene rings is 1. The minimum absolute atomic E-state index is 0.0881. The van der Waals surface area contributed by atoms with Crippen LogP contribution < -0.4 is 10.6 Å². The highest BCUT2D eigenvalue weighted by atomic mass is 16.5. The average molecular weight is 363 g/mol. The van der Waals surface area contributed by atoms with E-state index in [4.69, 9.17) is 9.84 Å². The zero-order chi connectivity index (χ0) is 18.9. The van der Waals surface area contributed by atoms with Crippen LogP contribution in [0.1, 0.15) is 18.4 Å². The molecular weight excluding hydrogens is 342 g/mol. The van der Waals surface area contributed by atoms with Crippen LogP contribution in [-0.4, -0.2) is 59.6 Å². The quantitative estimate of drug-likeness (QED) is 0.631. The summed E-state index contributed by atoms with van der Waals surface area (Å²) in [6.45, 7) is -0.326. The summed E-state index contributed by atoms with van der Waals surface area (Å²) in [7, 11) is 0. The summed E-state index contributed by atoms with van der Waals surface area (Å²) in [5.41, 5.74) is 0.823. The monoisotopic (exact) mass is 363 g/mol. The molecule has 9 nitrogen and oxygen atoms in total. The van der Waals surface area contributed by atoms with Gasteiger partial charge in [-0.3, -0.25) is 14.4 Å². The standard InChI is InChI=1S/C17H21N3O6/c21-14(9-19-17(25)26-11-12-5-2-1-3-6-12)20-8-4-7-13(20)16(24)18-10-15(22)23/h1-3,5-6,13H,4,7-11H2,(H,18,24)(H,19,25)(H,22,23)/t13-/m0/s1. The van der Waals surface area contributed by atoms with Crippen LogP contribution in [0, 0.1) is 0 Å². The number of nitrogens with zero attached hydrogens (tertiary/aromatic N) is 1. The van der Waals surface area contributed by atoms with Gasteiger partial charge in [0.1, 0.15) is 25.7 Å². The maximum Gasteiger partial charge on any atom is 0.407 e. The summed E-state index contributed by atoms with van der Waals surface area (Å²) < 4.78 is 5.02. The number of carbonyl (C=O) groups excluding carboxylic acids is 3. The zero-order valence-corrected chi connectivity index (χ0v) is 14.1. The third kappa shape index (κ3) is 5.76. The van der Waals surface area contributed by atoms with E-state index in [2.05, 4.69) is 10.6 Å². The number of ether oxygens (including phenoxy) is 1. The van der Waals surface area contributed by atoms with Crippen LogP contribution in [0.5, 0.6) is 0 Å². The van der Waals surface area contributed by atoms with Crippen molar-refractivity contribution < 1.29 is 29.0 Å². The lowest BCUT2D eigenvalue weighted by Crippen LogP contribution is -2.49. The molecule has 140 valence electrons. The number of likely N-dealkylation sites (tertiary alicyclic amines) is 1. The normalized spacial score (nSPS) is 16.0. The molecule has 0 unspecified atom stereocenters. The number of carboxylic acids is 1. The van der Waals surface area contributed by atoms with Gasteiger partial charge in [-0.2, -0.15) is 0 Å². The Labute approximate surface area is 150 Å². The van der Waals surface area contributed by atoms with Crippen LogP contribution in [0.4, 0.5) is 4.79 Å². The first-order valence-electron chi connectivity index (χ1n) is 8.21. The van der Waals surface area contributed by atoms with E-state index in [9.17, 15) is 19.2 Å². The molecule has 3 N–H and O–H groups in total. The Kier molecular flexibility index (Phi) is 6.95. The van der Waals surface area contributed by atoms with E-state index < -0.39 is 36.5 Å². The van der Waals surface area contributed by atoms with Crippen LogP contribution in [0.2, 0.25) is 0 Å². The molecule has 0 saturated carbocycles. The largest absolute Gasteiger partial charge is 0.480 e. The lowest BCUT2D eigenvalue weighted by Gasteiger charge is -2.23. The molecule has 3 amide bonds. The second-order valence-corrected chi connectivity index (χ2v) is 5.77. The molecule has 1 fully saturated rings. The van der Waals surface area contributed by atoms with Gasteiger partial charge in [0.2, 0.25) is 11.8 Å². The first-order chi connectivity index (χ1) is 12.5. The van der Waals surface area contributed by atoms with Crippen LogP contribution in [0.25, 0.3) is 0 Å². The van der Waals surface area contributed by atoms with Gasteiger partial charge in [-0.25, -0.2) is 4.79 Å². The molecule has 9 heteroatoms. The molecule has 1 saturated heterocycles. The van der Waals surface area contributed by atoms with E-state index in [0.29, 0.717) is 19.4 Å². The fourth-order valence-electron chi connectivity index (χ4n) is 2.64. The van der Waals surface area contributed by atoms with Crippen molar-refractivity contribution in [1.82, 2.24) is 15.5 Å². The second-order valence-electron chi connectivity index (χ2n) is 5.77. The maximum absolute atomic E-state index is 12.2. The van der Waals surface area contributed by atoms with Gasteiger partial charge in [0.05, 0.1) is 0 Å². The van der Waals surface area contributed by atoms with Crippen LogP contribution >= 0.6 is 0 Å². The summed E-state index contributed by atoms with van der Waals surface area (Å²) in [5.74, 6) is -2.09. The first-order valence-corrected chi connectivity index (χ1v) is 8.21. The molecule has 1 heterocycles. The number of amides is 3. The smallest absolute Gasteiger partial charge is 0.407 e. The zero-order valence-electron chi connectivity index (χ0n) is 14.1. The third-order valence-electron chi connectivity index (χ3n) is 3.89. The van der Waals surface area contributed by atoms with Gasteiger partial charge < -0.3 is 25.4 Å². The van der Waals surface area contributed by atoms with E-state index in [1.165, 1.54) is 4.90 Å². The Hall–Kier alpha value is -3.10. The Morgan fingerprint density at radius 3 is 2.54 bits per heavy atom. The Morgan fingerprint density at radius 1 is 1.12 bits per heavy atom. The summed E-state index contributed by atoms with van der Waals surface area (Å²) in [5, 5.41) is 13.2. The number of alkyl carbamates (subject to hydrolysis) is 1. The van der Waals surface area contributed by atoms with E-state index in [0.717, 1.165) is 5.56 Å². The number of hydrogen-bond acceptors (Lipinski definition) is 5. The van der Waals surface area contributed by atoms with E-state index in [-0.39, 0.29) is 13.2 Å². The summed E-state index contributed by atoms with van der Waals surface area (Å²) in [4.78, 5) is 47.8. The van der Waals surface area contributed by atoms with Crippen molar-refractivity contribution in [1.29, 1.82) is 0 Å². The molecule has 1 aromatic carbocycles. The molecular formula is C17H21N3O6. The van der Waals surface area contributed by atoms with Crippen molar-refractivity contribution >= 4 is 23.9 Å². The van der Waals surface area contributed by atoms with Crippen molar-refractivity contribution in [2.24, 2.45) is 0 Å². The van der Waals surface area contributed by atoms with Gasteiger partial charge in [-0.05, 0) is 18.4 Å². The maximum atomic E-state index is 12.2. The summed E-state index contributed by atoms with van der Waals surface area (Å²) >= 11 is 0. The van der Waals surface area contributed by atoms with Gasteiger partial charge in [0.25, 0.3) is 0 Å². The summed E-state index contributed by atoms with van der Waals surface area (Å²) in [6, 6.07) is 8.39. The molecule has 1 aliphatic heterocycles. The average Bonchev–Trinajstić information content (AvgIpc) is 3.13. The van der Waals surface area contributed by atoms with Crippen molar-refractivity contribution in [3.05, 3.63) is 35.9 Å². The fraction of sp³-hybridized carbons (Fsp3) is 0.412. The number of aliphatic carboxylic acids is 1. The Balaban J connectivity index is 1.76. The van der Waals surface area contributed by atoms with Crippen molar-refractivity contribution in [3.63, 3.8) is 0 Å². The molecule has 0 aliphatic carbocycles. The number of rotatable bonds is 7. The van der Waals surface area contributed by atoms with E-state index >= 15 is 0 Å². The second kappa shape index (κ2) is 9.40. The van der Waals surface area contributed by atoms with Crippen molar-refractivity contribution in [3.8, 4) is 0 Å². The highest BCUT2D eigenvalue weighted by Crippen LogP contribution is 2.17. The van der Waals surface area contributed by atoms with Gasteiger partial charge in [0.15, 0.2) is 0 Å². The third-order valence-corrected chi connectivity index (χ3v) is 3.89. The SMILES string of the molecule is O=C(O)CNC(=O)[C@@H]1CCCN1C(=O)CNC(=O)OCc1ccccc1. The minimum Gasteiger partial charge on any atom is -0.480 e. The predicted octanol–water partition coefficient (Wildman–Crippen LogP) is 0.105. The van der Waals surface area contributed by atoms with Crippen molar-refractivity contribution in [2.75, 3.05) is 19.6 Å². The molecule has 1 aliphatic rings. The summed E-state index contributed by atoms with van der Waals surface area (Å²) in [6.07, 6.45) is 0.360. The lowest BCUT2D eigenvalue weighted by molar-refractivity contribution is -0.140. The number of carboxylic acid groups (broad SMARTS) is 1. The topological polar surface area (TPSA) is 125 Å². The predicted molar refractivity (Wildman–Crippen MR) is 90.0 cm³/mol. The Morgan fingerprint density at radius 2 is 1.85 bits per heavy atom. The fourth-order valence-corrected chi connectivity index (χ4v) is 2.64. The lowest BCUT2D eigenvalue weighted by atomic mass is 10.2. The van der Waals surface area contributed by atoms with E-state index in [1.54, 1.807) is 0 Å². The molecule has 0 radical (unpaired) electrons. The molecule has 0 aromatic heterocycles.